The molecule has 0 aliphatic rings. The Labute approximate surface area is 82.1 Å². The van der Waals surface area contributed by atoms with Crippen LogP contribution in [0.5, 0.6) is 0 Å². The van der Waals surface area contributed by atoms with Crippen molar-refractivity contribution < 1.29 is 9.18 Å². The molecule has 1 rings (SSSR count). The second kappa shape index (κ2) is 4.43. The fraction of sp³-hybridized carbons (Fsp3) is 0.182. The minimum Gasteiger partial charge on any atom is -0.373 e. The van der Waals surface area contributed by atoms with E-state index in [0.717, 1.165) is 0 Å². The van der Waals surface area contributed by atoms with Crippen LogP contribution in [-0.4, -0.2) is 12.3 Å². The maximum Gasteiger partial charge on any atom is 0.164 e. The monoisotopic (exact) mass is 191 g/mol. The lowest BCUT2D eigenvalue weighted by Gasteiger charge is -2.07. The van der Waals surface area contributed by atoms with E-state index in [9.17, 15) is 9.18 Å². The van der Waals surface area contributed by atoms with Gasteiger partial charge in [0, 0.05) is 5.69 Å². The van der Waals surface area contributed by atoms with Crippen molar-refractivity contribution in [2.45, 2.75) is 6.92 Å². The molecule has 0 heterocycles. The number of rotatable bonds is 3. The Kier molecular flexibility index (Phi) is 3.24. The number of carbonyl (C=O) groups is 1. The quantitative estimate of drug-likeness (QED) is 0.585. The van der Waals surface area contributed by atoms with E-state index in [1.165, 1.54) is 19.1 Å². The number of terminal acetylenes is 1. The van der Waals surface area contributed by atoms with Crippen molar-refractivity contribution in [2.24, 2.45) is 0 Å². The molecule has 0 saturated carbocycles. The fourth-order valence-corrected chi connectivity index (χ4v) is 1.18. The normalized spacial score (nSPS) is 9.21. The third-order valence-corrected chi connectivity index (χ3v) is 1.75. The molecule has 14 heavy (non-hydrogen) atoms. The highest BCUT2D eigenvalue weighted by atomic mass is 19.1. The summed E-state index contributed by atoms with van der Waals surface area (Å²) in [7, 11) is 0. The first-order valence-corrected chi connectivity index (χ1v) is 4.13. The van der Waals surface area contributed by atoms with Gasteiger partial charge in [0.15, 0.2) is 5.78 Å². The van der Waals surface area contributed by atoms with Gasteiger partial charge in [-0.25, -0.2) is 4.39 Å². The molecular formula is C11H10FNO. The number of Topliss-reactive ketones (excluding diaryl/α,β-unsaturated/α-hetero) is 1. The minimum absolute atomic E-state index is 0.0581. The van der Waals surface area contributed by atoms with Crippen LogP contribution in [0.1, 0.15) is 17.3 Å². The molecule has 0 aliphatic carbocycles. The molecule has 0 radical (unpaired) electrons. The molecule has 0 atom stereocenters. The third-order valence-electron chi connectivity index (χ3n) is 1.75. The molecule has 0 fully saturated rings. The molecule has 0 unspecified atom stereocenters. The van der Waals surface area contributed by atoms with E-state index in [1.54, 1.807) is 6.07 Å². The van der Waals surface area contributed by atoms with Crippen LogP contribution >= 0.6 is 0 Å². The van der Waals surface area contributed by atoms with Gasteiger partial charge in [0.25, 0.3) is 0 Å². The zero-order valence-electron chi connectivity index (χ0n) is 7.80. The number of hydrogen-bond donors (Lipinski definition) is 1. The molecule has 0 spiro atoms. The average Bonchev–Trinajstić information content (AvgIpc) is 2.14. The molecule has 0 aliphatic heterocycles. The summed E-state index contributed by atoms with van der Waals surface area (Å²) in [6.45, 7) is 1.59. The number of halogens is 1. The lowest BCUT2D eigenvalue weighted by molar-refractivity contribution is 0.101. The molecule has 1 N–H and O–H groups in total. The Hall–Kier alpha value is -1.82. The van der Waals surface area contributed by atoms with Crippen LogP contribution in [0.4, 0.5) is 10.1 Å². The van der Waals surface area contributed by atoms with Crippen LogP contribution in [0.3, 0.4) is 0 Å². The van der Waals surface area contributed by atoms with E-state index in [2.05, 4.69) is 11.2 Å². The Morgan fingerprint density at radius 2 is 2.36 bits per heavy atom. The Bertz CT molecular complexity index is 393. The molecule has 1 aromatic carbocycles. The number of anilines is 1. The number of hydrogen-bond acceptors (Lipinski definition) is 2. The van der Waals surface area contributed by atoms with Crippen molar-refractivity contribution in [1.82, 2.24) is 0 Å². The van der Waals surface area contributed by atoms with Gasteiger partial charge >= 0.3 is 0 Å². The number of nitrogens with one attached hydrogen (secondary N) is 1. The predicted molar refractivity (Wildman–Crippen MR) is 53.7 cm³/mol. The highest BCUT2D eigenvalue weighted by Crippen LogP contribution is 2.18. The molecule has 72 valence electrons. The maximum atomic E-state index is 13.2. The molecule has 2 nitrogen and oxygen atoms in total. The fourth-order valence-electron chi connectivity index (χ4n) is 1.18. The van der Waals surface area contributed by atoms with Gasteiger partial charge in [-0.05, 0) is 19.1 Å². The average molecular weight is 191 g/mol. The largest absolute Gasteiger partial charge is 0.373 e. The van der Waals surface area contributed by atoms with E-state index in [-0.39, 0.29) is 17.9 Å². The van der Waals surface area contributed by atoms with Crippen molar-refractivity contribution in [3.8, 4) is 12.3 Å². The lowest BCUT2D eigenvalue weighted by atomic mass is 10.1. The van der Waals surface area contributed by atoms with Gasteiger partial charge in [0.05, 0.1) is 12.1 Å². The first-order valence-electron chi connectivity index (χ1n) is 4.13. The summed E-state index contributed by atoms with van der Waals surface area (Å²) in [6, 6.07) is 4.40. The maximum absolute atomic E-state index is 13.2. The van der Waals surface area contributed by atoms with Gasteiger partial charge < -0.3 is 5.32 Å². The molecule has 1 aromatic rings. The van der Waals surface area contributed by atoms with Crippen molar-refractivity contribution >= 4 is 11.5 Å². The predicted octanol–water partition coefficient (Wildman–Crippen LogP) is 2.07. The van der Waals surface area contributed by atoms with E-state index in [0.29, 0.717) is 5.69 Å². The van der Waals surface area contributed by atoms with Crippen molar-refractivity contribution in [3.05, 3.63) is 29.6 Å². The summed E-state index contributed by atoms with van der Waals surface area (Å²) >= 11 is 0. The van der Waals surface area contributed by atoms with Gasteiger partial charge in [0.1, 0.15) is 5.82 Å². The summed E-state index contributed by atoms with van der Waals surface area (Å²) in [6.07, 6.45) is 5.05. The van der Waals surface area contributed by atoms with Crippen LogP contribution in [0, 0.1) is 18.2 Å². The Morgan fingerprint density at radius 1 is 1.64 bits per heavy atom. The zero-order chi connectivity index (χ0) is 10.6. The summed E-state index contributed by atoms with van der Waals surface area (Å²) in [4.78, 5) is 11.1. The summed E-state index contributed by atoms with van der Waals surface area (Å²) < 4.78 is 13.2. The standard InChI is InChI=1S/C11H10FNO/c1-3-7-13-10-6-4-5-9(12)11(10)8(2)14/h1,4-6,13H,7H2,2H3. The summed E-state index contributed by atoms with van der Waals surface area (Å²) in [5, 5.41) is 2.79. The molecule has 3 heteroatoms. The lowest BCUT2D eigenvalue weighted by Crippen LogP contribution is -2.06. The highest BCUT2D eigenvalue weighted by Gasteiger charge is 2.11. The van der Waals surface area contributed by atoms with Crippen molar-refractivity contribution in [2.75, 3.05) is 11.9 Å². The van der Waals surface area contributed by atoms with Crippen molar-refractivity contribution in [3.63, 3.8) is 0 Å². The Morgan fingerprint density at radius 3 is 2.93 bits per heavy atom. The highest BCUT2D eigenvalue weighted by molar-refractivity contribution is 5.99. The molecular weight excluding hydrogens is 181 g/mol. The van der Waals surface area contributed by atoms with E-state index in [4.69, 9.17) is 6.42 Å². The van der Waals surface area contributed by atoms with Gasteiger partial charge in [-0.3, -0.25) is 4.79 Å². The van der Waals surface area contributed by atoms with E-state index >= 15 is 0 Å². The second-order valence-electron chi connectivity index (χ2n) is 2.78. The summed E-state index contributed by atoms with van der Waals surface area (Å²) in [5.74, 6) is 1.51. The number of carbonyl (C=O) groups excluding carboxylic acids is 1. The molecule has 0 aromatic heterocycles. The van der Waals surface area contributed by atoms with Crippen LogP contribution in [0.2, 0.25) is 0 Å². The van der Waals surface area contributed by atoms with Gasteiger partial charge in [-0.15, -0.1) is 6.42 Å². The van der Waals surface area contributed by atoms with Crippen LogP contribution in [-0.2, 0) is 0 Å². The zero-order valence-corrected chi connectivity index (χ0v) is 7.80. The SMILES string of the molecule is C#CCNc1cccc(F)c1C(C)=O. The first-order chi connectivity index (χ1) is 6.66. The van der Waals surface area contributed by atoms with Crippen LogP contribution in [0.15, 0.2) is 18.2 Å². The van der Waals surface area contributed by atoms with Crippen LogP contribution in [0.25, 0.3) is 0 Å². The molecule has 0 bridgehead atoms. The van der Waals surface area contributed by atoms with Gasteiger partial charge in [-0.2, -0.15) is 0 Å². The molecule has 0 amide bonds. The summed E-state index contributed by atoms with van der Waals surface area (Å²) in [5.41, 5.74) is 0.498. The van der Waals surface area contributed by atoms with Crippen LogP contribution < -0.4 is 5.32 Å². The smallest absolute Gasteiger partial charge is 0.164 e. The second-order valence-corrected chi connectivity index (χ2v) is 2.78. The third kappa shape index (κ3) is 2.11. The topological polar surface area (TPSA) is 29.1 Å². The Balaban J connectivity index is 3.09. The first kappa shape index (κ1) is 10.3. The number of benzene rings is 1. The number of ketones is 1. The van der Waals surface area contributed by atoms with Gasteiger partial charge in [-0.1, -0.05) is 12.0 Å². The minimum atomic E-state index is -0.528. The van der Waals surface area contributed by atoms with Gasteiger partial charge in [0.2, 0.25) is 0 Å². The van der Waals surface area contributed by atoms with E-state index < -0.39 is 5.82 Å². The van der Waals surface area contributed by atoms with Crippen molar-refractivity contribution in [1.29, 1.82) is 0 Å². The van der Waals surface area contributed by atoms with E-state index in [1.807, 2.05) is 0 Å². The molecule has 0 saturated heterocycles.